The summed E-state index contributed by atoms with van der Waals surface area (Å²) in [5.74, 6) is 1.25. The highest BCUT2D eigenvalue weighted by Crippen LogP contribution is 2.34. The number of aromatic nitrogens is 3. The third kappa shape index (κ3) is 2.50. The average Bonchev–Trinajstić information content (AvgIpc) is 3.34. The summed E-state index contributed by atoms with van der Waals surface area (Å²) in [6.45, 7) is 1.70. The first kappa shape index (κ1) is 14.9. The number of thiophene rings is 1. The molecule has 2 atom stereocenters. The number of aromatic amines is 1. The first-order chi connectivity index (χ1) is 12.3. The third-order valence-corrected chi connectivity index (χ3v) is 6.18. The van der Waals surface area contributed by atoms with Crippen molar-refractivity contribution in [3.63, 3.8) is 0 Å². The molecule has 2 bridgehead atoms. The molecule has 0 spiro atoms. The number of rotatable bonds is 3. The normalized spacial score (nSPS) is 22.7. The summed E-state index contributed by atoms with van der Waals surface area (Å²) < 4.78 is 0. The highest BCUT2D eigenvalue weighted by Gasteiger charge is 2.43. The molecule has 5 heterocycles. The van der Waals surface area contributed by atoms with E-state index in [0.717, 1.165) is 47.7 Å². The van der Waals surface area contributed by atoms with Crippen LogP contribution >= 0.6 is 11.3 Å². The van der Waals surface area contributed by atoms with Crippen LogP contribution in [0.5, 0.6) is 0 Å². The fourth-order valence-electron chi connectivity index (χ4n) is 4.25. The van der Waals surface area contributed by atoms with Gasteiger partial charge in [-0.2, -0.15) is 0 Å². The van der Waals surface area contributed by atoms with Crippen LogP contribution in [-0.2, 0) is 11.2 Å². The molecule has 2 unspecified atom stereocenters. The van der Waals surface area contributed by atoms with E-state index in [9.17, 15) is 4.79 Å². The van der Waals surface area contributed by atoms with E-state index in [4.69, 9.17) is 0 Å². The summed E-state index contributed by atoms with van der Waals surface area (Å²) in [5, 5.41) is 3.09. The molecule has 2 aliphatic rings. The average molecular weight is 353 g/mol. The number of carbonyl (C=O) groups excluding carboxylic acids is 1. The van der Waals surface area contributed by atoms with Gasteiger partial charge in [-0.15, -0.1) is 11.3 Å². The lowest BCUT2D eigenvalue weighted by molar-refractivity contribution is -0.133. The van der Waals surface area contributed by atoms with Gasteiger partial charge < -0.3 is 14.8 Å². The SMILES string of the molecule is O=C(Cc1cccs1)N1C2CCC1CN(c1ncnc3[nH]ccc13)C2. The Labute approximate surface area is 149 Å². The Hall–Kier alpha value is -2.41. The van der Waals surface area contributed by atoms with Gasteiger partial charge in [0.2, 0.25) is 5.91 Å². The summed E-state index contributed by atoms with van der Waals surface area (Å²) in [6.07, 6.45) is 6.21. The molecule has 25 heavy (non-hydrogen) atoms. The molecule has 5 rings (SSSR count). The van der Waals surface area contributed by atoms with Crippen molar-refractivity contribution in [2.24, 2.45) is 0 Å². The number of nitrogens with one attached hydrogen (secondary N) is 1. The van der Waals surface area contributed by atoms with Crippen LogP contribution in [0.4, 0.5) is 5.82 Å². The van der Waals surface area contributed by atoms with Gasteiger partial charge in [0.1, 0.15) is 17.8 Å². The van der Waals surface area contributed by atoms with Crippen LogP contribution in [0.25, 0.3) is 11.0 Å². The van der Waals surface area contributed by atoms with Gasteiger partial charge in [-0.1, -0.05) is 6.07 Å². The molecule has 2 saturated heterocycles. The number of amides is 1. The maximum Gasteiger partial charge on any atom is 0.228 e. The zero-order valence-corrected chi connectivity index (χ0v) is 14.6. The molecule has 2 fully saturated rings. The lowest BCUT2D eigenvalue weighted by Crippen LogP contribution is -2.56. The Bertz CT molecular complexity index is 891. The Balaban J connectivity index is 1.38. The van der Waals surface area contributed by atoms with Crippen molar-refractivity contribution in [3.8, 4) is 0 Å². The topological polar surface area (TPSA) is 65.1 Å². The first-order valence-electron chi connectivity index (χ1n) is 8.66. The van der Waals surface area contributed by atoms with Gasteiger partial charge >= 0.3 is 0 Å². The maximum absolute atomic E-state index is 12.8. The van der Waals surface area contributed by atoms with E-state index in [1.165, 1.54) is 0 Å². The minimum absolute atomic E-state index is 0.268. The van der Waals surface area contributed by atoms with Gasteiger partial charge in [-0.3, -0.25) is 4.79 Å². The quantitative estimate of drug-likeness (QED) is 0.785. The van der Waals surface area contributed by atoms with Crippen molar-refractivity contribution in [2.45, 2.75) is 31.3 Å². The van der Waals surface area contributed by atoms with Crippen LogP contribution in [0.15, 0.2) is 36.1 Å². The lowest BCUT2D eigenvalue weighted by atomic mass is 10.1. The summed E-state index contributed by atoms with van der Waals surface area (Å²) in [6, 6.07) is 6.66. The molecule has 0 aliphatic carbocycles. The van der Waals surface area contributed by atoms with Crippen LogP contribution in [0, 0.1) is 0 Å². The van der Waals surface area contributed by atoms with E-state index in [-0.39, 0.29) is 18.0 Å². The van der Waals surface area contributed by atoms with E-state index >= 15 is 0 Å². The molecular weight excluding hydrogens is 334 g/mol. The minimum Gasteiger partial charge on any atom is -0.352 e. The van der Waals surface area contributed by atoms with Gasteiger partial charge in [0, 0.05) is 36.2 Å². The fraction of sp³-hybridized carbons (Fsp3) is 0.389. The molecule has 128 valence electrons. The van der Waals surface area contributed by atoms with Gasteiger partial charge in [0.25, 0.3) is 0 Å². The van der Waals surface area contributed by atoms with Gasteiger partial charge in [-0.05, 0) is 30.4 Å². The van der Waals surface area contributed by atoms with Crippen LogP contribution in [0.2, 0.25) is 0 Å². The standard InChI is InChI=1S/C18H19N5OS/c24-16(8-14-2-1-7-25-14)23-12-3-4-13(23)10-22(9-12)18-15-5-6-19-17(15)20-11-21-18/h1-2,5-7,11-13H,3-4,8-10H2,(H,19,20,21). The summed E-state index contributed by atoms with van der Waals surface area (Å²) in [5.41, 5.74) is 0.869. The van der Waals surface area contributed by atoms with E-state index < -0.39 is 0 Å². The van der Waals surface area contributed by atoms with E-state index in [1.807, 2.05) is 29.8 Å². The minimum atomic E-state index is 0.268. The number of hydrogen-bond acceptors (Lipinski definition) is 5. The molecule has 7 heteroatoms. The zero-order valence-electron chi connectivity index (χ0n) is 13.8. The second kappa shape index (κ2) is 5.84. The fourth-order valence-corrected chi connectivity index (χ4v) is 4.94. The Morgan fingerprint density at radius 3 is 2.84 bits per heavy atom. The number of fused-ring (bicyclic) bond motifs is 3. The Morgan fingerprint density at radius 1 is 1.24 bits per heavy atom. The van der Waals surface area contributed by atoms with E-state index in [2.05, 4.69) is 24.8 Å². The second-order valence-electron chi connectivity index (χ2n) is 6.78. The highest BCUT2D eigenvalue weighted by atomic mass is 32.1. The molecule has 1 amide bonds. The number of H-pyrrole nitrogens is 1. The summed E-state index contributed by atoms with van der Waals surface area (Å²) in [7, 11) is 0. The number of hydrogen-bond donors (Lipinski definition) is 1. The molecule has 0 radical (unpaired) electrons. The predicted molar refractivity (Wildman–Crippen MR) is 97.8 cm³/mol. The van der Waals surface area contributed by atoms with Crippen LogP contribution in [-0.4, -0.2) is 50.9 Å². The maximum atomic E-state index is 12.8. The highest BCUT2D eigenvalue weighted by molar-refractivity contribution is 7.10. The summed E-state index contributed by atoms with van der Waals surface area (Å²) >= 11 is 1.66. The number of carbonyl (C=O) groups is 1. The van der Waals surface area contributed by atoms with E-state index in [0.29, 0.717) is 6.42 Å². The predicted octanol–water partition coefficient (Wildman–Crippen LogP) is 2.44. The Kier molecular flexibility index (Phi) is 3.48. The largest absolute Gasteiger partial charge is 0.352 e. The van der Waals surface area contributed by atoms with Crippen molar-refractivity contribution in [1.29, 1.82) is 0 Å². The molecule has 6 nitrogen and oxygen atoms in total. The Morgan fingerprint density at radius 2 is 2.08 bits per heavy atom. The van der Waals surface area contributed by atoms with Crippen molar-refractivity contribution >= 4 is 34.1 Å². The van der Waals surface area contributed by atoms with Crippen molar-refractivity contribution in [1.82, 2.24) is 19.9 Å². The molecular formula is C18H19N5OS. The zero-order chi connectivity index (χ0) is 16.8. The smallest absolute Gasteiger partial charge is 0.228 e. The van der Waals surface area contributed by atoms with Crippen LogP contribution < -0.4 is 4.90 Å². The number of nitrogens with zero attached hydrogens (tertiary/aromatic N) is 4. The van der Waals surface area contributed by atoms with Crippen molar-refractivity contribution < 1.29 is 4.79 Å². The van der Waals surface area contributed by atoms with Crippen LogP contribution in [0.1, 0.15) is 17.7 Å². The molecule has 0 saturated carbocycles. The summed E-state index contributed by atoms with van der Waals surface area (Å²) in [4.78, 5) is 30.4. The molecule has 1 N–H and O–H groups in total. The second-order valence-corrected chi connectivity index (χ2v) is 7.82. The first-order valence-corrected chi connectivity index (χ1v) is 9.54. The van der Waals surface area contributed by atoms with Gasteiger partial charge in [0.05, 0.1) is 11.8 Å². The monoisotopic (exact) mass is 353 g/mol. The number of anilines is 1. The van der Waals surface area contributed by atoms with Gasteiger partial charge in [-0.25, -0.2) is 9.97 Å². The third-order valence-electron chi connectivity index (χ3n) is 5.31. The molecule has 3 aromatic rings. The molecule has 2 aliphatic heterocycles. The van der Waals surface area contributed by atoms with Crippen LogP contribution in [0.3, 0.4) is 0 Å². The van der Waals surface area contributed by atoms with Crippen molar-refractivity contribution in [2.75, 3.05) is 18.0 Å². The molecule has 3 aromatic heterocycles. The van der Waals surface area contributed by atoms with Crippen molar-refractivity contribution in [3.05, 3.63) is 41.0 Å². The van der Waals surface area contributed by atoms with Gasteiger partial charge in [0.15, 0.2) is 0 Å². The van der Waals surface area contributed by atoms with E-state index in [1.54, 1.807) is 17.7 Å². The lowest BCUT2D eigenvalue weighted by Gasteiger charge is -2.41. The molecule has 0 aromatic carbocycles. The number of piperazine rings is 1.